The van der Waals surface area contributed by atoms with Gasteiger partial charge in [0.1, 0.15) is 12.1 Å². The Morgan fingerprint density at radius 3 is 1.85 bits per heavy atom. The quantitative estimate of drug-likeness (QED) is 0.109. The number of hydrogen-bond donors (Lipinski definition) is 8. The summed E-state index contributed by atoms with van der Waals surface area (Å²) in [6, 6.07) is -5.89. The number of carbonyl (C=O) groups is 6. The van der Waals surface area contributed by atoms with E-state index >= 15 is 0 Å². The molecule has 0 saturated heterocycles. The van der Waals surface area contributed by atoms with Gasteiger partial charge in [-0.2, -0.15) is 11.8 Å². The van der Waals surface area contributed by atoms with Crippen LogP contribution in [0, 0.1) is 0 Å². The molecule has 5 unspecified atom stereocenters. The van der Waals surface area contributed by atoms with Gasteiger partial charge in [-0.3, -0.25) is 24.0 Å². The Bertz CT molecular complexity index is 733. The molecule has 0 radical (unpaired) electrons. The van der Waals surface area contributed by atoms with Gasteiger partial charge in [-0.1, -0.05) is 0 Å². The summed E-state index contributed by atoms with van der Waals surface area (Å²) in [5.74, 6) is -6.70. The lowest BCUT2D eigenvalue weighted by Crippen LogP contribution is -2.58. The van der Waals surface area contributed by atoms with Crippen LogP contribution in [0.4, 0.5) is 0 Å². The van der Waals surface area contributed by atoms with Crippen LogP contribution in [0.5, 0.6) is 0 Å². The van der Waals surface area contributed by atoms with E-state index in [2.05, 4.69) is 10.6 Å². The minimum absolute atomic E-state index is 0.0806. The fraction of sp³-hybridized carbons (Fsp3) is 0.667. The van der Waals surface area contributed by atoms with Crippen LogP contribution >= 0.6 is 11.8 Å². The lowest BCUT2D eigenvalue weighted by Gasteiger charge is -2.25. The van der Waals surface area contributed by atoms with Crippen molar-refractivity contribution in [1.29, 1.82) is 0 Å². The molecule has 0 aliphatic carbocycles. The third-order valence-electron chi connectivity index (χ3n) is 4.31. The van der Waals surface area contributed by atoms with Crippen LogP contribution in [0.15, 0.2) is 0 Å². The van der Waals surface area contributed by atoms with Crippen LogP contribution < -0.4 is 21.7 Å². The Kier molecular flexibility index (Phi) is 13.7. The third kappa shape index (κ3) is 12.1. The van der Waals surface area contributed by atoms with E-state index in [0.29, 0.717) is 5.75 Å². The van der Waals surface area contributed by atoms with Gasteiger partial charge in [0.25, 0.3) is 0 Å². The molecule has 0 saturated carbocycles. The molecule has 9 N–H and O–H groups in total. The highest BCUT2D eigenvalue weighted by Gasteiger charge is 2.32. The molecule has 0 aromatic rings. The minimum Gasteiger partial charge on any atom is -0.481 e. The smallest absolute Gasteiger partial charge is 0.328 e. The van der Waals surface area contributed by atoms with E-state index in [-0.39, 0.29) is 19.3 Å². The fourth-order valence-electron chi connectivity index (χ4n) is 2.49. The molecule has 0 spiro atoms. The Balaban J connectivity index is 5.44. The Hall–Kier alpha value is -2.91. The first kappa shape index (κ1) is 30.1. The minimum atomic E-state index is -1.75. The molecular formula is C18H30N4O10S. The predicted octanol–water partition coefficient (Wildman–Crippen LogP) is -2.67. The molecule has 0 bridgehead atoms. The molecule has 0 fully saturated rings. The highest BCUT2D eigenvalue weighted by molar-refractivity contribution is 7.98. The van der Waals surface area contributed by atoms with Crippen molar-refractivity contribution < 1.29 is 49.2 Å². The van der Waals surface area contributed by atoms with Crippen molar-refractivity contribution in [1.82, 2.24) is 16.0 Å². The first-order valence-electron chi connectivity index (χ1n) is 9.80. The summed E-state index contributed by atoms with van der Waals surface area (Å²) < 4.78 is 0. The molecule has 33 heavy (non-hydrogen) atoms. The number of amides is 3. The zero-order chi connectivity index (χ0) is 25.7. The van der Waals surface area contributed by atoms with Crippen molar-refractivity contribution in [3.05, 3.63) is 0 Å². The van der Waals surface area contributed by atoms with Gasteiger partial charge in [0.05, 0.1) is 18.6 Å². The summed E-state index contributed by atoms with van der Waals surface area (Å²) in [7, 11) is 0. The standard InChI is InChI=1S/C18H30N4O10S/c1-8(23)14(18(31)32)22-17(30)11(7-13(26)27)21-16(29)10(5-6-33-2)20-15(28)9(19)3-4-12(24)25/h8-11,14,23H,3-7,19H2,1-2H3,(H,20,28)(H,21,29)(H,22,30)(H,24,25)(H,26,27)(H,31,32). The summed E-state index contributed by atoms with van der Waals surface area (Å²) in [6.07, 6.45) is -1.14. The molecule has 3 amide bonds. The number of nitrogens with two attached hydrogens (primary N) is 1. The highest BCUT2D eigenvalue weighted by Crippen LogP contribution is 2.05. The number of thioether (sulfide) groups is 1. The fourth-order valence-corrected chi connectivity index (χ4v) is 2.96. The summed E-state index contributed by atoms with van der Waals surface area (Å²) in [6.45, 7) is 1.10. The van der Waals surface area contributed by atoms with Gasteiger partial charge >= 0.3 is 17.9 Å². The van der Waals surface area contributed by atoms with Gasteiger partial charge in [-0.15, -0.1) is 0 Å². The SMILES string of the molecule is CSCCC(NC(=O)C(N)CCC(=O)O)C(=O)NC(CC(=O)O)C(=O)NC(C(=O)O)C(C)O. The van der Waals surface area contributed by atoms with Gasteiger partial charge in [0.15, 0.2) is 6.04 Å². The number of rotatable bonds is 16. The van der Waals surface area contributed by atoms with Gasteiger partial charge < -0.3 is 42.1 Å². The molecule has 0 rings (SSSR count). The maximum Gasteiger partial charge on any atom is 0.328 e. The van der Waals surface area contributed by atoms with Crippen molar-refractivity contribution in [2.45, 2.75) is 62.9 Å². The van der Waals surface area contributed by atoms with E-state index in [1.165, 1.54) is 11.8 Å². The van der Waals surface area contributed by atoms with Crippen LogP contribution in [0.2, 0.25) is 0 Å². The predicted molar refractivity (Wildman–Crippen MR) is 115 cm³/mol. The largest absolute Gasteiger partial charge is 0.481 e. The maximum absolute atomic E-state index is 12.7. The highest BCUT2D eigenvalue weighted by atomic mass is 32.2. The van der Waals surface area contributed by atoms with Gasteiger partial charge in [-0.05, 0) is 31.8 Å². The summed E-state index contributed by atoms with van der Waals surface area (Å²) in [5.41, 5.74) is 5.64. The van der Waals surface area contributed by atoms with Crippen LogP contribution in [0.25, 0.3) is 0 Å². The van der Waals surface area contributed by atoms with Crippen LogP contribution in [0.1, 0.15) is 32.6 Å². The second-order valence-corrected chi connectivity index (χ2v) is 8.09. The number of carbonyl (C=O) groups excluding carboxylic acids is 3. The van der Waals surface area contributed by atoms with E-state index in [0.717, 1.165) is 6.92 Å². The third-order valence-corrected chi connectivity index (χ3v) is 4.95. The van der Waals surface area contributed by atoms with Crippen LogP contribution in [0.3, 0.4) is 0 Å². The number of hydrogen-bond acceptors (Lipinski definition) is 9. The van der Waals surface area contributed by atoms with Gasteiger partial charge in [0.2, 0.25) is 17.7 Å². The van der Waals surface area contributed by atoms with E-state index in [9.17, 15) is 33.9 Å². The molecular weight excluding hydrogens is 464 g/mol. The lowest BCUT2D eigenvalue weighted by molar-refractivity contribution is -0.146. The molecule has 5 atom stereocenters. The summed E-state index contributed by atoms with van der Waals surface area (Å²) >= 11 is 1.34. The van der Waals surface area contributed by atoms with Crippen LogP contribution in [-0.2, 0) is 28.8 Å². The molecule has 0 aromatic heterocycles. The molecule has 15 heteroatoms. The van der Waals surface area contributed by atoms with E-state index < -0.39 is 72.3 Å². The first-order valence-corrected chi connectivity index (χ1v) is 11.2. The van der Waals surface area contributed by atoms with Crippen molar-refractivity contribution in [3.8, 4) is 0 Å². The molecule has 0 aromatic carbocycles. The Labute approximate surface area is 193 Å². The zero-order valence-electron chi connectivity index (χ0n) is 18.1. The van der Waals surface area contributed by atoms with E-state index in [1.807, 2.05) is 5.32 Å². The number of carboxylic acid groups (broad SMARTS) is 3. The number of nitrogens with one attached hydrogen (secondary N) is 3. The average Bonchev–Trinajstić information content (AvgIpc) is 2.71. The van der Waals surface area contributed by atoms with Gasteiger partial charge in [0, 0.05) is 6.42 Å². The number of aliphatic carboxylic acids is 3. The van der Waals surface area contributed by atoms with Crippen LogP contribution in [-0.4, -0.2) is 98.3 Å². The normalized spacial score (nSPS) is 15.3. The summed E-state index contributed by atoms with van der Waals surface area (Å²) in [4.78, 5) is 70.3. The molecule has 0 aliphatic heterocycles. The molecule has 188 valence electrons. The Morgan fingerprint density at radius 2 is 1.39 bits per heavy atom. The van der Waals surface area contributed by atoms with Crippen molar-refractivity contribution >= 4 is 47.4 Å². The first-order chi connectivity index (χ1) is 15.3. The van der Waals surface area contributed by atoms with Crippen molar-refractivity contribution in [2.75, 3.05) is 12.0 Å². The topological polar surface area (TPSA) is 245 Å². The van der Waals surface area contributed by atoms with Crippen molar-refractivity contribution in [3.63, 3.8) is 0 Å². The van der Waals surface area contributed by atoms with E-state index in [4.69, 9.17) is 21.1 Å². The zero-order valence-corrected chi connectivity index (χ0v) is 19.0. The molecule has 14 nitrogen and oxygen atoms in total. The second-order valence-electron chi connectivity index (χ2n) is 7.11. The van der Waals surface area contributed by atoms with Gasteiger partial charge in [-0.25, -0.2) is 4.79 Å². The number of aliphatic hydroxyl groups is 1. The molecule has 0 heterocycles. The second kappa shape index (κ2) is 15.0. The number of carboxylic acids is 3. The van der Waals surface area contributed by atoms with Crippen molar-refractivity contribution in [2.24, 2.45) is 5.73 Å². The van der Waals surface area contributed by atoms with E-state index in [1.54, 1.807) is 6.26 Å². The number of aliphatic hydroxyl groups excluding tert-OH is 1. The lowest BCUT2D eigenvalue weighted by atomic mass is 10.1. The average molecular weight is 495 g/mol. The Morgan fingerprint density at radius 1 is 0.848 bits per heavy atom. The maximum atomic E-state index is 12.7. The monoisotopic (exact) mass is 494 g/mol. The summed E-state index contributed by atoms with van der Waals surface area (Å²) in [5, 5.41) is 42.8. The molecule has 0 aliphatic rings.